The lowest BCUT2D eigenvalue weighted by molar-refractivity contribution is 0.683. The first-order valence-electron chi connectivity index (χ1n) is 5.55. The summed E-state index contributed by atoms with van der Waals surface area (Å²) in [5.41, 5.74) is 8.53. The first-order valence-corrected chi connectivity index (χ1v) is 7.25. The summed E-state index contributed by atoms with van der Waals surface area (Å²) in [6, 6.07) is 13.1. The second-order valence-electron chi connectivity index (χ2n) is 4.16. The topological polar surface area (TPSA) is 43.1 Å². The number of hydrogen-bond acceptors (Lipinski definition) is 2. The highest BCUT2D eigenvalue weighted by Crippen LogP contribution is 2.23. The summed E-state index contributed by atoms with van der Waals surface area (Å²) in [5.74, 6) is 0.464. The third-order valence-corrected chi connectivity index (χ3v) is 4.33. The van der Waals surface area contributed by atoms with Gasteiger partial charge in [0.15, 0.2) is 0 Å². The fourth-order valence-corrected chi connectivity index (χ4v) is 3.01. The zero-order valence-electron chi connectivity index (χ0n) is 10.0. The van der Waals surface area contributed by atoms with Gasteiger partial charge in [0.2, 0.25) is 0 Å². The van der Waals surface area contributed by atoms with Crippen molar-refractivity contribution in [3.8, 4) is 0 Å². The van der Waals surface area contributed by atoms with Gasteiger partial charge in [0.05, 0.1) is 21.4 Å². The first-order chi connectivity index (χ1) is 8.56. The van der Waals surface area contributed by atoms with Crippen LogP contribution in [0.3, 0.4) is 0 Å². The molecule has 0 heterocycles. The Morgan fingerprint density at radius 1 is 1.17 bits per heavy atom. The monoisotopic (exact) mass is 279 g/mol. The number of nitrogen functional groups attached to an aromatic ring is 1. The van der Waals surface area contributed by atoms with Crippen LogP contribution in [0, 0.1) is 6.92 Å². The molecule has 2 rings (SSSR count). The van der Waals surface area contributed by atoms with E-state index in [2.05, 4.69) is 0 Å². The van der Waals surface area contributed by atoms with Crippen LogP contribution in [0.15, 0.2) is 47.4 Å². The summed E-state index contributed by atoms with van der Waals surface area (Å²) >= 11 is 5.82. The molecule has 0 amide bonds. The van der Waals surface area contributed by atoms with Crippen molar-refractivity contribution in [1.82, 2.24) is 0 Å². The van der Waals surface area contributed by atoms with Crippen molar-refractivity contribution in [3.05, 3.63) is 58.6 Å². The minimum absolute atomic E-state index is 0.464. The van der Waals surface area contributed by atoms with Crippen LogP contribution in [0.4, 0.5) is 5.69 Å². The van der Waals surface area contributed by atoms with Gasteiger partial charge >= 0.3 is 0 Å². The molecular weight excluding hydrogens is 266 g/mol. The number of nitrogens with two attached hydrogens (primary N) is 1. The maximum atomic E-state index is 12.2. The van der Waals surface area contributed by atoms with Gasteiger partial charge in [0.1, 0.15) is 0 Å². The first kappa shape index (κ1) is 13.1. The quantitative estimate of drug-likeness (QED) is 0.874. The Bertz CT molecular complexity index is 581. The van der Waals surface area contributed by atoms with Crippen molar-refractivity contribution in [2.45, 2.75) is 17.6 Å². The molecule has 18 heavy (non-hydrogen) atoms. The molecule has 2 aromatic carbocycles. The molecule has 2 aromatic rings. The molecular formula is C14H14ClNOS. The summed E-state index contributed by atoms with van der Waals surface area (Å²) in [7, 11) is -1.14. The van der Waals surface area contributed by atoms with Crippen LogP contribution >= 0.6 is 11.6 Å². The molecule has 2 nitrogen and oxygen atoms in total. The van der Waals surface area contributed by atoms with E-state index in [1.807, 2.05) is 31.2 Å². The molecule has 0 saturated heterocycles. The molecule has 1 atom stereocenters. The minimum atomic E-state index is -1.14. The second kappa shape index (κ2) is 5.55. The SMILES string of the molecule is Cc1ccc(CS(=O)c2ccc(Cl)cc2N)cc1. The number of benzene rings is 2. The molecule has 0 bridgehead atoms. The van der Waals surface area contributed by atoms with Crippen LogP contribution in [0.1, 0.15) is 11.1 Å². The molecule has 0 fully saturated rings. The predicted octanol–water partition coefficient (Wildman–Crippen LogP) is 3.54. The molecule has 0 aliphatic rings. The molecule has 0 aliphatic heterocycles. The van der Waals surface area contributed by atoms with E-state index in [9.17, 15) is 4.21 Å². The Morgan fingerprint density at radius 2 is 1.83 bits per heavy atom. The smallest absolute Gasteiger partial charge is 0.0621 e. The Labute approximate surface area is 114 Å². The Kier molecular flexibility index (Phi) is 4.04. The van der Waals surface area contributed by atoms with E-state index in [-0.39, 0.29) is 0 Å². The largest absolute Gasteiger partial charge is 0.398 e. The zero-order valence-corrected chi connectivity index (χ0v) is 11.6. The average Bonchev–Trinajstić information content (AvgIpc) is 2.32. The normalized spacial score (nSPS) is 12.3. The molecule has 0 aromatic heterocycles. The third kappa shape index (κ3) is 3.12. The summed E-state index contributed by atoms with van der Waals surface area (Å²) < 4.78 is 12.2. The van der Waals surface area contributed by atoms with Crippen molar-refractivity contribution >= 4 is 28.1 Å². The van der Waals surface area contributed by atoms with E-state index < -0.39 is 10.8 Å². The zero-order chi connectivity index (χ0) is 13.1. The van der Waals surface area contributed by atoms with Gasteiger partial charge in [-0.05, 0) is 30.7 Å². The van der Waals surface area contributed by atoms with Crippen LogP contribution in [0.2, 0.25) is 5.02 Å². The number of halogens is 1. The molecule has 0 spiro atoms. The second-order valence-corrected chi connectivity index (χ2v) is 6.01. The van der Waals surface area contributed by atoms with Crippen LogP contribution < -0.4 is 5.73 Å². The van der Waals surface area contributed by atoms with Crippen LogP contribution in [-0.4, -0.2) is 4.21 Å². The highest BCUT2D eigenvalue weighted by Gasteiger charge is 2.09. The van der Waals surface area contributed by atoms with E-state index in [1.165, 1.54) is 5.56 Å². The van der Waals surface area contributed by atoms with Gasteiger partial charge in [0.25, 0.3) is 0 Å². The molecule has 2 N–H and O–H groups in total. The lowest BCUT2D eigenvalue weighted by Crippen LogP contribution is -2.00. The van der Waals surface area contributed by atoms with Crippen molar-refractivity contribution in [2.24, 2.45) is 0 Å². The van der Waals surface area contributed by atoms with E-state index in [0.717, 1.165) is 5.56 Å². The summed E-state index contributed by atoms with van der Waals surface area (Å²) in [6.07, 6.45) is 0. The van der Waals surface area contributed by atoms with Gasteiger partial charge in [-0.2, -0.15) is 0 Å². The fourth-order valence-electron chi connectivity index (χ4n) is 1.64. The van der Waals surface area contributed by atoms with Crippen molar-refractivity contribution in [2.75, 3.05) is 5.73 Å². The summed E-state index contributed by atoms with van der Waals surface area (Å²) in [6.45, 7) is 2.03. The molecule has 0 saturated carbocycles. The molecule has 0 aliphatic carbocycles. The minimum Gasteiger partial charge on any atom is -0.398 e. The van der Waals surface area contributed by atoms with Crippen molar-refractivity contribution in [1.29, 1.82) is 0 Å². The van der Waals surface area contributed by atoms with E-state index in [0.29, 0.717) is 21.4 Å². The van der Waals surface area contributed by atoms with Crippen LogP contribution in [0.5, 0.6) is 0 Å². The molecule has 94 valence electrons. The fraction of sp³-hybridized carbons (Fsp3) is 0.143. The number of hydrogen-bond donors (Lipinski definition) is 1. The summed E-state index contributed by atoms with van der Waals surface area (Å²) in [5, 5.41) is 0.559. The lowest BCUT2D eigenvalue weighted by atomic mass is 10.2. The number of aryl methyl sites for hydroxylation is 1. The number of anilines is 1. The van der Waals surface area contributed by atoms with Crippen molar-refractivity contribution in [3.63, 3.8) is 0 Å². The lowest BCUT2D eigenvalue weighted by Gasteiger charge is -2.06. The third-order valence-electron chi connectivity index (χ3n) is 2.64. The Balaban J connectivity index is 2.19. The molecule has 1 unspecified atom stereocenters. The Morgan fingerprint density at radius 3 is 2.44 bits per heavy atom. The average molecular weight is 280 g/mol. The van der Waals surface area contributed by atoms with Gasteiger partial charge in [-0.15, -0.1) is 0 Å². The highest BCUT2D eigenvalue weighted by atomic mass is 35.5. The van der Waals surface area contributed by atoms with Gasteiger partial charge in [-0.1, -0.05) is 41.4 Å². The van der Waals surface area contributed by atoms with Gasteiger partial charge in [-0.3, -0.25) is 4.21 Å². The van der Waals surface area contributed by atoms with Crippen molar-refractivity contribution < 1.29 is 4.21 Å². The van der Waals surface area contributed by atoms with Gasteiger partial charge < -0.3 is 5.73 Å². The molecule has 4 heteroatoms. The predicted molar refractivity (Wildman–Crippen MR) is 77.2 cm³/mol. The summed E-state index contributed by atoms with van der Waals surface area (Å²) in [4.78, 5) is 0.639. The van der Waals surface area contributed by atoms with Crippen LogP contribution in [-0.2, 0) is 16.6 Å². The van der Waals surface area contributed by atoms with Gasteiger partial charge in [0, 0.05) is 10.7 Å². The molecule has 0 radical (unpaired) electrons. The van der Waals surface area contributed by atoms with Gasteiger partial charge in [-0.25, -0.2) is 0 Å². The maximum absolute atomic E-state index is 12.2. The van der Waals surface area contributed by atoms with Crippen LogP contribution in [0.25, 0.3) is 0 Å². The van der Waals surface area contributed by atoms with E-state index in [1.54, 1.807) is 18.2 Å². The van der Waals surface area contributed by atoms with E-state index in [4.69, 9.17) is 17.3 Å². The number of rotatable bonds is 3. The highest BCUT2D eigenvalue weighted by molar-refractivity contribution is 7.84. The maximum Gasteiger partial charge on any atom is 0.0621 e. The standard InChI is InChI=1S/C14H14ClNOS/c1-10-2-4-11(5-3-10)9-18(17)14-7-6-12(15)8-13(14)16/h2-8H,9,16H2,1H3. The van der Waals surface area contributed by atoms with E-state index >= 15 is 0 Å². The Hall–Kier alpha value is -1.32.